The van der Waals surface area contributed by atoms with Crippen molar-refractivity contribution in [3.8, 4) is 5.75 Å². The number of nitrogens with one attached hydrogen (secondary N) is 2. The van der Waals surface area contributed by atoms with E-state index >= 15 is 0 Å². The summed E-state index contributed by atoms with van der Waals surface area (Å²) in [6.45, 7) is 0. The van der Waals surface area contributed by atoms with Crippen LogP contribution < -0.4 is 15.7 Å². The van der Waals surface area contributed by atoms with E-state index in [4.69, 9.17) is 4.74 Å². The highest BCUT2D eigenvalue weighted by Crippen LogP contribution is 2.47. The monoisotopic (exact) mass is 361 g/mol. The third-order valence-electron chi connectivity index (χ3n) is 4.82. The number of aromatic amines is 1. The highest BCUT2D eigenvalue weighted by molar-refractivity contribution is 5.89. The lowest BCUT2D eigenvalue weighted by atomic mass is 10.1. The zero-order valence-electron chi connectivity index (χ0n) is 14.8. The van der Waals surface area contributed by atoms with Gasteiger partial charge in [0, 0.05) is 12.0 Å². The molecule has 1 fully saturated rings. The van der Waals surface area contributed by atoms with Gasteiger partial charge in [0.1, 0.15) is 5.75 Å². The molecule has 2 N–H and O–H groups in total. The summed E-state index contributed by atoms with van der Waals surface area (Å²) in [5, 5.41) is 4.82. The van der Waals surface area contributed by atoms with E-state index in [0.717, 1.165) is 11.8 Å². The number of hydrazone groups is 1. The van der Waals surface area contributed by atoms with Gasteiger partial charge in [-0.15, -0.1) is 0 Å². The van der Waals surface area contributed by atoms with E-state index in [0.29, 0.717) is 16.8 Å². The number of amides is 1. The largest absolute Gasteiger partial charge is 0.497 e. The molecule has 2 aromatic carbocycles. The van der Waals surface area contributed by atoms with Gasteiger partial charge in [-0.1, -0.05) is 30.3 Å². The van der Waals surface area contributed by atoms with Gasteiger partial charge in [-0.3, -0.25) is 9.59 Å². The SMILES string of the molecule is COc1ccc2cc(/C=N/NC(=O)[C@H]3C[C@@H]3c3ccccc3)c(=O)[nH]c2c1. The first-order valence-corrected chi connectivity index (χ1v) is 8.74. The van der Waals surface area contributed by atoms with E-state index in [9.17, 15) is 9.59 Å². The number of rotatable bonds is 5. The van der Waals surface area contributed by atoms with E-state index < -0.39 is 0 Å². The molecule has 1 aromatic heterocycles. The Balaban J connectivity index is 1.43. The second kappa shape index (κ2) is 7.07. The molecule has 6 heteroatoms. The number of hydrogen-bond donors (Lipinski definition) is 2. The fourth-order valence-corrected chi connectivity index (χ4v) is 3.22. The Labute approximate surface area is 155 Å². The summed E-state index contributed by atoms with van der Waals surface area (Å²) in [7, 11) is 1.57. The summed E-state index contributed by atoms with van der Waals surface area (Å²) < 4.78 is 5.16. The zero-order valence-corrected chi connectivity index (χ0v) is 14.8. The van der Waals surface area contributed by atoms with Crippen LogP contribution >= 0.6 is 0 Å². The van der Waals surface area contributed by atoms with Crippen molar-refractivity contribution >= 4 is 23.0 Å². The summed E-state index contributed by atoms with van der Waals surface area (Å²) >= 11 is 0. The zero-order chi connectivity index (χ0) is 18.8. The van der Waals surface area contributed by atoms with E-state index in [1.54, 1.807) is 19.2 Å². The summed E-state index contributed by atoms with van der Waals surface area (Å²) in [6, 6.07) is 17.1. The number of aromatic nitrogens is 1. The quantitative estimate of drug-likeness (QED) is 0.541. The van der Waals surface area contributed by atoms with Crippen LogP contribution in [0, 0.1) is 5.92 Å². The number of fused-ring (bicyclic) bond motifs is 1. The highest BCUT2D eigenvalue weighted by Gasteiger charge is 2.43. The number of pyridine rings is 1. The lowest BCUT2D eigenvalue weighted by Gasteiger charge is -2.03. The van der Waals surface area contributed by atoms with Crippen molar-refractivity contribution in [1.82, 2.24) is 10.4 Å². The number of methoxy groups -OCH3 is 1. The van der Waals surface area contributed by atoms with Gasteiger partial charge in [-0.2, -0.15) is 5.10 Å². The van der Waals surface area contributed by atoms with Crippen LogP contribution in [0.3, 0.4) is 0 Å². The second-order valence-electron chi connectivity index (χ2n) is 6.60. The van der Waals surface area contributed by atoms with Crippen molar-refractivity contribution < 1.29 is 9.53 Å². The molecule has 0 aliphatic heterocycles. The maximum Gasteiger partial charge on any atom is 0.257 e. The van der Waals surface area contributed by atoms with Crippen LogP contribution in [0.2, 0.25) is 0 Å². The van der Waals surface area contributed by atoms with Gasteiger partial charge in [-0.25, -0.2) is 5.43 Å². The normalized spacial score (nSPS) is 18.6. The minimum Gasteiger partial charge on any atom is -0.497 e. The topological polar surface area (TPSA) is 83.5 Å². The Hall–Kier alpha value is -3.41. The van der Waals surface area contributed by atoms with Gasteiger partial charge in [0.2, 0.25) is 5.91 Å². The Morgan fingerprint density at radius 2 is 2.04 bits per heavy atom. The fourth-order valence-electron chi connectivity index (χ4n) is 3.22. The maximum absolute atomic E-state index is 12.2. The Morgan fingerprint density at radius 3 is 2.81 bits per heavy atom. The van der Waals surface area contributed by atoms with Gasteiger partial charge in [0.25, 0.3) is 5.56 Å². The molecule has 1 amide bonds. The van der Waals surface area contributed by atoms with E-state index in [-0.39, 0.29) is 23.3 Å². The Morgan fingerprint density at radius 1 is 1.22 bits per heavy atom. The molecule has 4 rings (SSSR count). The van der Waals surface area contributed by atoms with E-state index in [1.165, 1.54) is 11.8 Å². The molecule has 1 aliphatic carbocycles. The summed E-state index contributed by atoms with van der Waals surface area (Å²) in [6.07, 6.45) is 2.20. The molecule has 1 heterocycles. The smallest absolute Gasteiger partial charge is 0.257 e. The molecule has 0 bridgehead atoms. The molecule has 0 saturated heterocycles. The third kappa shape index (κ3) is 3.60. The number of benzene rings is 2. The van der Waals surface area contributed by atoms with Gasteiger partial charge in [0.15, 0.2) is 0 Å². The minimum atomic E-state index is -0.276. The first-order valence-electron chi connectivity index (χ1n) is 8.74. The molecular formula is C21H19N3O3. The summed E-state index contributed by atoms with van der Waals surface area (Å²) in [5.74, 6) is 0.735. The van der Waals surface area contributed by atoms with Crippen molar-refractivity contribution in [2.75, 3.05) is 7.11 Å². The third-order valence-corrected chi connectivity index (χ3v) is 4.82. The van der Waals surface area contributed by atoms with E-state index in [1.807, 2.05) is 42.5 Å². The van der Waals surface area contributed by atoms with Crippen molar-refractivity contribution in [2.24, 2.45) is 11.0 Å². The van der Waals surface area contributed by atoms with Crippen LogP contribution in [-0.4, -0.2) is 24.2 Å². The van der Waals surface area contributed by atoms with Crippen LogP contribution in [0.1, 0.15) is 23.5 Å². The summed E-state index contributed by atoms with van der Waals surface area (Å²) in [5.41, 5.74) is 4.50. The molecule has 27 heavy (non-hydrogen) atoms. The minimum absolute atomic E-state index is 0.0631. The molecule has 3 aromatic rings. The van der Waals surface area contributed by atoms with Crippen molar-refractivity contribution in [2.45, 2.75) is 12.3 Å². The molecule has 2 atom stereocenters. The number of carbonyl (C=O) groups is 1. The van der Waals surface area contributed by atoms with Crippen LogP contribution in [0.5, 0.6) is 5.75 Å². The standard InChI is InChI=1S/C21H19N3O3/c1-27-16-8-7-14-9-15(20(25)23-19(14)10-16)12-22-24-21(26)18-11-17(18)13-5-3-2-4-6-13/h2-10,12,17-18H,11H2,1H3,(H,23,25)(H,24,26)/b22-12+/t17-,18+/m1/s1. The van der Waals surface area contributed by atoms with Gasteiger partial charge < -0.3 is 9.72 Å². The number of H-pyrrole nitrogens is 1. The van der Waals surface area contributed by atoms with Crippen molar-refractivity contribution in [1.29, 1.82) is 0 Å². The molecule has 6 nitrogen and oxygen atoms in total. The lowest BCUT2D eigenvalue weighted by molar-refractivity contribution is -0.122. The van der Waals surface area contributed by atoms with Crippen LogP contribution in [-0.2, 0) is 4.79 Å². The number of hydrogen-bond acceptors (Lipinski definition) is 4. The lowest BCUT2D eigenvalue weighted by Crippen LogP contribution is -2.21. The van der Waals surface area contributed by atoms with Crippen LogP contribution in [0.4, 0.5) is 0 Å². The van der Waals surface area contributed by atoms with Crippen molar-refractivity contribution in [3.05, 3.63) is 76.1 Å². The van der Waals surface area contributed by atoms with Gasteiger partial charge in [0.05, 0.1) is 24.4 Å². The second-order valence-corrected chi connectivity index (χ2v) is 6.60. The first kappa shape index (κ1) is 17.0. The van der Waals surface area contributed by atoms with Crippen LogP contribution in [0.15, 0.2) is 64.5 Å². The fraction of sp³-hybridized carbons (Fsp3) is 0.190. The molecule has 1 aliphatic rings. The maximum atomic E-state index is 12.2. The predicted octanol–water partition coefficient (Wildman–Crippen LogP) is 2.79. The van der Waals surface area contributed by atoms with Gasteiger partial charge in [-0.05, 0) is 41.5 Å². The number of nitrogens with zero attached hydrogens (tertiary/aromatic N) is 1. The number of ether oxygens (including phenoxy) is 1. The Bertz CT molecular complexity index is 1070. The molecule has 0 spiro atoms. The molecule has 136 valence electrons. The molecule has 0 radical (unpaired) electrons. The molecule has 1 saturated carbocycles. The molecular weight excluding hydrogens is 342 g/mol. The van der Waals surface area contributed by atoms with Crippen molar-refractivity contribution in [3.63, 3.8) is 0 Å². The summed E-state index contributed by atoms with van der Waals surface area (Å²) in [4.78, 5) is 27.2. The Kier molecular flexibility index (Phi) is 4.46. The van der Waals surface area contributed by atoms with E-state index in [2.05, 4.69) is 15.5 Å². The molecule has 0 unspecified atom stereocenters. The average Bonchev–Trinajstić information content (AvgIpc) is 3.49. The predicted molar refractivity (Wildman–Crippen MR) is 104 cm³/mol. The highest BCUT2D eigenvalue weighted by atomic mass is 16.5. The average molecular weight is 361 g/mol. The first-order chi connectivity index (χ1) is 13.2. The number of carbonyl (C=O) groups excluding carboxylic acids is 1. The van der Waals surface area contributed by atoms with Crippen LogP contribution in [0.25, 0.3) is 10.9 Å². The van der Waals surface area contributed by atoms with Gasteiger partial charge >= 0.3 is 0 Å².